The first-order valence-corrected chi connectivity index (χ1v) is 13.8. The summed E-state index contributed by atoms with van der Waals surface area (Å²) in [6.07, 6.45) is 0.879. The predicted molar refractivity (Wildman–Crippen MR) is 151 cm³/mol. The van der Waals surface area contributed by atoms with Gasteiger partial charge in [-0.25, -0.2) is 8.78 Å². The number of aryl methyl sites for hydroxylation is 2. The number of nitrogens with zero attached hydrogens (tertiary/aromatic N) is 3. The first kappa shape index (κ1) is 25.4. The highest BCUT2D eigenvalue weighted by Gasteiger charge is 2.32. The third kappa shape index (κ3) is 4.45. The summed E-state index contributed by atoms with van der Waals surface area (Å²) in [6.45, 7) is 4.28. The number of fused-ring (bicyclic) bond motifs is 3. The number of carbonyl (C=O) groups is 2. The van der Waals surface area contributed by atoms with Gasteiger partial charge in [-0.1, -0.05) is 17.3 Å². The molecule has 1 aliphatic carbocycles. The van der Waals surface area contributed by atoms with Crippen LogP contribution in [0.4, 0.5) is 8.78 Å². The molecule has 0 radical (unpaired) electrons. The number of rotatable bonds is 6. The van der Waals surface area contributed by atoms with Gasteiger partial charge < -0.3 is 19.3 Å². The first-order valence-electron chi connectivity index (χ1n) is 13.8. The molecule has 2 aliphatic rings. The van der Waals surface area contributed by atoms with Gasteiger partial charge in [0.1, 0.15) is 17.7 Å². The molecule has 1 saturated carbocycles. The molecular formula is C32H28F2N4O3. The minimum atomic E-state index is -0.999. The van der Waals surface area contributed by atoms with Crippen molar-refractivity contribution in [1.29, 1.82) is 0 Å². The van der Waals surface area contributed by atoms with Gasteiger partial charge in [0.2, 0.25) is 0 Å². The molecule has 2 fully saturated rings. The summed E-state index contributed by atoms with van der Waals surface area (Å²) >= 11 is 0. The number of aromatic nitrogens is 2. The molecule has 1 aliphatic heterocycles. The van der Waals surface area contributed by atoms with Crippen molar-refractivity contribution >= 4 is 33.6 Å². The number of likely N-dealkylation sites (tertiary alicyclic amines) is 1. The highest BCUT2D eigenvalue weighted by atomic mass is 19.1. The van der Waals surface area contributed by atoms with Crippen molar-refractivity contribution in [3.05, 3.63) is 88.6 Å². The first-order chi connectivity index (χ1) is 19.8. The van der Waals surface area contributed by atoms with Crippen LogP contribution >= 0.6 is 0 Å². The zero-order chi connectivity index (χ0) is 28.4. The van der Waals surface area contributed by atoms with Crippen LogP contribution in [0.15, 0.2) is 59.1 Å². The Bertz CT molecular complexity index is 1830. The van der Waals surface area contributed by atoms with Gasteiger partial charge in [-0.15, -0.1) is 0 Å². The molecule has 5 aromatic rings. The second-order valence-corrected chi connectivity index (χ2v) is 11.1. The fraction of sp³-hybridized carbons (Fsp3) is 0.281. The summed E-state index contributed by atoms with van der Waals surface area (Å²) in [6, 6.07) is 15.8. The number of alkyl halides is 1. The monoisotopic (exact) mass is 554 g/mol. The molecule has 0 bridgehead atoms. The predicted octanol–water partition coefficient (Wildman–Crippen LogP) is 5.94. The van der Waals surface area contributed by atoms with Gasteiger partial charge >= 0.3 is 0 Å². The summed E-state index contributed by atoms with van der Waals surface area (Å²) in [5.41, 5.74) is 5.75. The Labute approximate surface area is 234 Å². The fourth-order valence-corrected chi connectivity index (χ4v) is 5.78. The van der Waals surface area contributed by atoms with Crippen LogP contribution in [0.25, 0.3) is 32.9 Å². The molecule has 9 heteroatoms. The average Bonchev–Trinajstić information content (AvgIpc) is 3.63. The molecule has 0 atom stereocenters. The minimum Gasteiger partial charge on any atom is -0.361 e. The van der Waals surface area contributed by atoms with Gasteiger partial charge in [-0.2, -0.15) is 0 Å². The van der Waals surface area contributed by atoms with Gasteiger partial charge in [-0.3, -0.25) is 9.59 Å². The number of benzene rings is 3. The van der Waals surface area contributed by atoms with Crippen LogP contribution in [0.1, 0.15) is 50.6 Å². The minimum absolute atomic E-state index is 0.0824. The Morgan fingerprint density at radius 2 is 1.78 bits per heavy atom. The summed E-state index contributed by atoms with van der Waals surface area (Å²) in [5, 5.41) is 8.72. The quantitative estimate of drug-likeness (QED) is 0.282. The van der Waals surface area contributed by atoms with Crippen molar-refractivity contribution in [3.63, 3.8) is 0 Å². The maximum absolute atomic E-state index is 13.8. The van der Waals surface area contributed by atoms with E-state index >= 15 is 0 Å². The van der Waals surface area contributed by atoms with E-state index < -0.39 is 6.17 Å². The maximum atomic E-state index is 13.8. The summed E-state index contributed by atoms with van der Waals surface area (Å²) in [5.74, 6) is -0.103. The number of hydrogen-bond donors (Lipinski definition) is 1. The van der Waals surface area contributed by atoms with Crippen LogP contribution in [-0.2, 0) is 6.54 Å². The van der Waals surface area contributed by atoms with E-state index in [1.54, 1.807) is 24.3 Å². The standard InChI is InChI=1S/C32H28F2N4O3/c1-17-29(18(2)41-36-17)21-12-26(31(39)35-24-8-9-24)30-25-11-20(32(40)37-15-23(34)16-37)5-10-27(25)38(28(30)13-21)14-19-3-6-22(33)7-4-19/h3-7,10-13,23-24H,8-9,14-16H2,1-2H3,(H,35,39). The van der Waals surface area contributed by atoms with E-state index in [1.807, 2.05) is 32.0 Å². The molecule has 0 spiro atoms. The van der Waals surface area contributed by atoms with Gasteiger partial charge in [0.05, 0.1) is 24.3 Å². The van der Waals surface area contributed by atoms with E-state index in [4.69, 9.17) is 4.52 Å². The Morgan fingerprint density at radius 1 is 1.02 bits per heavy atom. The van der Waals surface area contributed by atoms with E-state index in [2.05, 4.69) is 15.0 Å². The average molecular weight is 555 g/mol. The molecule has 2 aromatic heterocycles. The van der Waals surface area contributed by atoms with Gasteiger partial charge in [0.15, 0.2) is 0 Å². The number of carbonyl (C=O) groups excluding carboxylic acids is 2. The van der Waals surface area contributed by atoms with Crippen molar-refractivity contribution in [3.8, 4) is 11.1 Å². The fourth-order valence-electron chi connectivity index (χ4n) is 5.78. The molecule has 208 valence electrons. The summed E-state index contributed by atoms with van der Waals surface area (Å²) < 4.78 is 34.8. The van der Waals surface area contributed by atoms with E-state index in [9.17, 15) is 18.4 Å². The number of halogens is 2. The Balaban J connectivity index is 1.49. The third-order valence-electron chi connectivity index (χ3n) is 8.07. The second kappa shape index (κ2) is 9.54. The lowest BCUT2D eigenvalue weighted by molar-refractivity contribution is 0.0400. The molecule has 1 saturated heterocycles. The summed E-state index contributed by atoms with van der Waals surface area (Å²) in [4.78, 5) is 28.4. The topological polar surface area (TPSA) is 80.4 Å². The third-order valence-corrected chi connectivity index (χ3v) is 8.07. The SMILES string of the molecule is Cc1noc(C)c1-c1cc(C(=O)NC2CC2)c2c3cc(C(=O)N4CC(F)C4)ccc3n(Cc3ccc(F)cc3)c2c1. The van der Waals surface area contributed by atoms with Crippen molar-refractivity contribution in [1.82, 2.24) is 19.9 Å². The van der Waals surface area contributed by atoms with Crippen LogP contribution in [0.3, 0.4) is 0 Å². The van der Waals surface area contributed by atoms with Crippen LogP contribution in [-0.4, -0.2) is 51.7 Å². The molecule has 7 nitrogen and oxygen atoms in total. The second-order valence-electron chi connectivity index (χ2n) is 11.1. The lowest BCUT2D eigenvalue weighted by Crippen LogP contribution is -2.51. The largest absolute Gasteiger partial charge is 0.361 e. The van der Waals surface area contributed by atoms with Crippen molar-refractivity contribution < 1.29 is 22.9 Å². The smallest absolute Gasteiger partial charge is 0.254 e. The Kier molecular flexibility index (Phi) is 5.92. The number of amides is 2. The highest BCUT2D eigenvalue weighted by Crippen LogP contribution is 2.39. The van der Waals surface area contributed by atoms with Crippen LogP contribution in [0.5, 0.6) is 0 Å². The molecule has 2 amide bonds. The molecule has 7 rings (SSSR count). The van der Waals surface area contributed by atoms with Gasteiger partial charge in [0.25, 0.3) is 11.8 Å². The van der Waals surface area contributed by atoms with E-state index in [1.165, 1.54) is 17.0 Å². The maximum Gasteiger partial charge on any atom is 0.254 e. The summed E-state index contributed by atoms with van der Waals surface area (Å²) in [7, 11) is 0. The van der Waals surface area contributed by atoms with Gasteiger partial charge in [-0.05, 0) is 80.3 Å². The highest BCUT2D eigenvalue weighted by molar-refractivity contribution is 6.20. The van der Waals surface area contributed by atoms with Crippen LogP contribution in [0.2, 0.25) is 0 Å². The zero-order valence-corrected chi connectivity index (χ0v) is 22.7. The van der Waals surface area contributed by atoms with Crippen molar-refractivity contribution in [2.45, 2.75) is 45.4 Å². The van der Waals surface area contributed by atoms with Gasteiger partial charge in [0, 0.05) is 45.6 Å². The van der Waals surface area contributed by atoms with Crippen molar-refractivity contribution in [2.24, 2.45) is 0 Å². The molecule has 3 heterocycles. The van der Waals surface area contributed by atoms with Crippen LogP contribution < -0.4 is 5.32 Å². The number of nitrogens with one attached hydrogen (secondary N) is 1. The molecular weight excluding hydrogens is 526 g/mol. The van der Waals surface area contributed by atoms with Crippen LogP contribution in [0, 0.1) is 19.7 Å². The molecule has 41 heavy (non-hydrogen) atoms. The van der Waals surface area contributed by atoms with Crippen molar-refractivity contribution in [2.75, 3.05) is 13.1 Å². The lowest BCUT2D eigenvalue weighted by Gasteiger charge is -2.34. The molecule has 3 aromatic carbocycles. The van der Waals surface area contributed by atoms with E-state index in [-0.39, 0.29) is 36.8 Å². The molecule has 1 N–H and O–H groups in total. The Hall–Kier alpha value is -4.53. The van der Waals surface area contributed by atoms with E-state index in [0.29, 0.717) is 29.1 Å². The zero-order valence-electron chi connectivity index (χ0n) is 22.7. The Morgan fingerprint density at radius 3 is 2.44 bits per heavy atom. The number of hydrogen-bond acceptors (Lipinski definition) is 4. The molecule has 0 unspecified atom stereocenters. The van der Waals surface area contributed by atoms with E-state index in [0.717, 1.165) is 51.3 Å². The normalized spacial score (nSPS) is 15.5. The lowest BCUT2D eigenvalue weighted by atomic mass is 9.96.